The quantitative estimate of drug-likeness (QED) is 0.332. The van der Waals surface area contributed by atoms with E-state index in [0.717, 1.165) is 0 Å². The van der Waals surface area contributed by atoms with Crippen molar-refractivity contribution >= 4 is 28.5 Å². The summed E-state index contributed by atoms with van der Waals surface area (Å²) in [5.41, 5.74) is 0.516. The summed E-state index contributed by atoms with van der Waals surface area (Å²) in [5, 5.41) is 15.9. The number of hydrogen-bond acceptors (Lipinski definition) is 6. The van der Waals surface area contributed by atoms with Crippen molar-refractivity contribution in [3.8, 4) is 11.8 Å². The molecule has 11 heteroatoms. The first-order valence-electron chi connectivity index (χ1n) is 8.56. The normalized spacial score (nSPS) is 11.6. The first kappa shape index (κ1) is 21.9. The number of rotatable bonds is 6. The third kappa shape index (κ3) is 5.86. The van der Waals surface area contributed by atoms with Crippen molar-refractivity contribution in [1.82, 2.24) is 10.2 Å². The van der Waals surface area contributed by atoms with Crippen LogP contribution in [0.1, 0.15) is 16.1 Å². The van der Waals surface area contributed by atoms with Gasteiger partial charge in [0, 0.05) is 5.56 Å². The lowest BCUT2D eigenvalue weighted by molar-refractivity contribution is -0.138. The number of nitrogens with zero attached hydrogens (tertiary/aromatic N) is 3. The summed E-state index contributed by atoms with van der Waals surface area (Å²) in [5.74, 6) is -0.867. The molecule has 1 aromatic heterocycles. The van der Waals surface area contributed by atoms with Crippen molar-refractivity contribution in [1.29, 1.82) is 5.26 Å². The van der Waals surface area contributed by atoms with Crippen LogP contribution in [0.5, 0.6) is 5.75 Å². The molecule has 0 fully saturated rings. The Kier molecular flexibility index (Phi) is 6.61. The Morgan fingerprint density at radius 3 is 2.48 bits per heavy atom. The van der Waals surface area contributed by atoms with Gasteiger partial charge in [0.25, 0.3) is 5.91 Å². The minimum atomic E-state index is -4.68. The van der Waals surface area contributed by atoms with E-state index in [1.807, 2.05) is 0 Å². The summed E-state index contributed by atoms with van der Waals surface area (Å²) in [7, 11) is 0. The number of ether oxygens (including phenoxy) is 1. The van der Waals surface area contributed by atoms with Crippen molar-refractivity contribution in [3.05, 3.63) is 76.1 Å². The number of nitrogens with one attached hydrogen (secondary N) is 1. The molecule has 1 N–H and O–H groups in total. The summed E-state index contributed by atoms with van der Waals surface area (Å²) in [6, 6.07) is 14.1. The first-order valence-corrected chi connectivity index (χ1v) is 9.38. The first-order chi connectivity index (χ1) is 14.8. The molecule has 0 unspecified atom stereocenters. The van der Waals surface area contributed by atoms with Crippen LogP contribution in [0, 0.1) is 17.1 Å². The van der Waals surface area contributed by atoms with Gasteiger partial charge in [-0.1, -0.05) is 41.7 Å². The van der Waals surface area contributed by atoms with Gasteiger partial charge in [-0.25, -0.2) is 4.39 Å². The predicted octanol–water partition coefficient (Wildman–Crippen LogP) is 4.82. The van der Waals surface area contributed by atoms with E-state index in [4.69, 9.17) is 4.74 Å². The molecule has 31 heavy (non-hydrogen) atoms. The number of amides is 1. The predicted molar refractivity (Wildman–Crippen MR) is 104 cm³/mol. The maximum Gasteiger partial charge on any atom is 0.445 e. The highest BCUT2D eigenvalue weighted by Crippen LogP contribution is 2.33. The standard InChI is InChI=1S/C20H12F4N4O2S/c21-16-4-2-1-3-13(16)11-30-15-7-5-12(6-8-15)9-14(10-25)17(29)26-19-28-27-18(31-19)20(22,23)24/h1-9H,11H2,(H,26,28,29)/b14-9-. The number of benzene rings is 2. The van der Waals surface area contributed by atoms with Crippen LogP contribution in [0.25, 0.3) is 6.08 Å². The molecule has 0 atom stereocenters. The molecular formula is C20H12F4N4O2S. The Balaban J connectivity index is 1.65. The Morgan fingerprint density at radius 1 is 1.16 bits per heavy atom. The van der Waals surface area contributed by atoms with Crippen molar-refractivity contribution in [2.75, 3.05) is 5.32 Å². The van der Waals surface area contributed by atoms with E-state index in [9.17, 15) is 27.6 Å². The third-order valence-corrected chi connectivity index (χ3v) is 4.68. The fourth-order valence-corrected chi connectivity index (χ4v) is 2.91. The molecule has 1 heterocycles. The van der Waals surface area contributed by atoms with Gasteiger partial charge in [0.05, 0.1) is 0 Å². The number of hydrogen-bond donors (Lipinski definition) is 1. The Morgan fingerprint density at radius 2 is 1.87 bits per heavy atom. The Bertz CT molecular complexity index is 1150. The average Bonchev–Trinajstić information content (AvgIpc) is 3.21. The van der Waals surface area contributed by atoms with Gasteiger partial charge in [0.2, 0.25) is 10.1 Å². The maximum absolute atomic E-state index is 13.6. The lowest BCUT2D eigenvalue weighted by Gasteiger charge is -2.07. The molecule has 3 rings (SSSR count). The highest BCUT2D eigenvalue weighted by Gasteiger charge is 2.35. The average molecular weight is 448 g/mol. The van der Waals surface area contributed by atoms with Crippen LogP contribution < -0.4 is 10.1 Å². The van der Waals surface area contributed by atoms with E-state index < -0.39 is 17.1 Å². The smallest absolute Gasteiger partial charge is 0.445 e. The summed E-state index contributed by atoms with van der Waals surface area (Å²) in [6.07, 6.45) is -3.42. The summed E-state index contributed by atoms with van der Waals surface area (Å²) >= 11 is 0.150. The number of carbonyl (C=O) groups excluding carboxylic acids is 1. The molecule has 0 aliphatic rings. The number of halogens is 4. The minimum Gasteiger partial charge on any atom is -0.489 e. The van der Waals surface area contributed by atoms with Gasteiger partial charge in [-0.3, -0.25) is 10.1 Å². The second kappa shape index (κ2) is 9.36. The van der Waals surface area contributed by atoms with Gasteiger partial charge in [-0.2, -0.15) is 18.4 Å². The van der Waals surface area contributed by atoms with Gasteiger partial charge < -0.3 is 4.74 Å². The van der Waals surface area contributed by atoms with Gasteiger partial charge in [0.15, 0.2) is 0 Å². The maximum atomic E-state index is 13.6. The van der Waals surface area contributed by atoms with Crippen LogP contribution in [0.2, 0.25) is 0 Å². The fraction of sp³-hybridized carbons (Fsp3) is 0.100. The molecule has 0 aliphatic carbocycles. The van der Waals surface area contributed by atoms with Crippen LogP contribution in [0.4, 0.5) is 22.7 Å². The lowest BCUT2D eigenvalue weighted by Crippen LogP contribution is -2.13. The topological polar surface area (TPSA) is 87.9 Å². The monoisotopic (exact) mass is 448 g/mol. The molecule has 0 saturated carbocycles. The van der Waals surface area contributed by atoms with Gasteiger partial charge >= 0.3 is 6.18 Å². The molecule has 6 nitrogen and oxygen atoms in total. The van der Waals surface area contributed by atoms with E-state index in [1.54, 1.807) is 48.5 Å². The zero-order valence-electron chi connectivity index (χ0n) is 15.5. The van der Waals surface area contributed by atoms with Gasteiger partial charge in [-0.15, -0.1) is 10.2 Å². The van der Waals surface area contributed by atoms with Crippen molar-refractivity contribution < 1.29 is 27.1 Å². The van der Waals surface area contributed by atoms with E-state index in [1.165, 1.54) is 12.1 Å². The molecule has 1 amide bonds. The van der Waals surface area contributed by atoms with Crippen LogP contribution in [-0.2, 0) is 17.6 Å². The lowest BCUT2D eigenvalue weighted by atomic mass is 10.1. The number of alkyl halides is 3. The van der Waals surface area contributed by atoms with E-state index in [0.29, 0.717) is 16.9 Å². The van der Waals surface area contributed by atoms with Crippen molar-refractivity contribution in [2.45, 2.75) is 12.8 Å². The molecule has 2 aromatic carbocycles. The molecule has 0 saturated heterocycles. The zero-order chi connectivity index (χ0) is 22.4. The number of anilines is 1. The molecule has 158 valence electrons. The highest BCUT2D eigenvalue weighted by atomic mass is 32.1. The SMILES string of the molecule is N#C/C(=C/c1ccc(OCc2ccccc2F)cc1)C(=O)Nc1nnc(C(F)(F)F)s1. The zero-order valence-corrected chi connectivity index (χ0v) is 16.3. The Hall–Kier alpha value is -3.78. The molecule has 0 radical (unpaired) electrons. The largest absolute Gasteiger partial charge is 0.489 e. The molecular weight excluding hydrogens is 436 g/mol. The summed E-state index contributed by atoms with van der Waals surface area (Å²) in [6.45, 7) is 0.0233. The van der Waals surface area contributed by atoms with Crippen LogP contribution >= 0.6 is 11.3 Å². The Labute approximate surface area is 177 Å². The number of nitriles is 1. The molecule has 0 spiro atoms. The molecule has 3 aromatic rings. The van der Waals surface area contributed by atoms with Gasteiger partial charge in [-0.05, 0) is 29.8 Å². The number of aromatic nitrogens is 2. The van der Waals surface area contributed by atoms with Crippen LogP contribution in [0.3, 0.4) is 0 Å². The fourth-order valence-electron chi connectivity index (χ4n) is 2.30. The van der Waals surface area contributed by atoms with Crippen molar-refractivity contribution in [3.63, 3.8) is 0 Å². The van der Waals surface area contributed by atoms with Crippen LogP contribution in [-0.4, -0.2) is 16.1 Å². The summed E-state index contributed by atoms with van der Waals surface area (Å²) < 4.78 is 56.8. The second-order valence-corrected chi connectivity index (χ2v) is 6.96. The van der Waals surface area contributed by atoms with Crippen molar-refractivity contribution in [2.24, 2.45) is 0 Å². The summed E-state index contributed by atoms with van der Waals surface area (Å²) in [4.78, 5) is 12.2. The van der Waals surface area contributed by atoms with E-state index in [2.05, 4.69) is 15.5 Å². The third-order valence-electron chi connectivity index (χ3n) is 3.80. The minimum absolute atomic E-state index is 0.0233. The molecule has 0 aliphatic heterocycles. The second-order valence-electron chi connectivity index (χ2n) is 5.98. The highest BCUT2D eigenvalue weighted by molar-refractivity contribution is 7.15. The number of carbonyl (C=O) groups is 1. The van der Waals surface area contributed by atoms with E-state index >= 15 is 0 Å². The van der Waals surface area contributed by atoms with Gasteiger partial charge in [0.1, 0.15) is 29.8 Å². The van der Waals surface area contributed by atoms with E-state index in [-0.39, 0.29) is 34.5 Å². The molecule has 0 bridgehead atoms. The van der Waals surface area contributed by atoms with Crippen LogP contribution in [0.15, 0.2) is 54.1 Å².